The summed E-state index contributed by atoms with van der Waals surface area (Å²) in [5, 5.41) is 9.57. The van der Waals surface area contributed by atoms with Gasteiger partial charge >= 0.3 is 6.03 Å². The highest BCUT2D eigenvalue weighted by molar-refractivity contribution is 7.09. The fraction of sp³-hybridized carbons (Fsp3) is 0.250. The number of rotatable bonds is 5. The fourth-order valence-electron chi connectivity index (χ4n) is 2.22. The molecule has 0 saturated carbocycles. The number of carbonyl (C=O) groups excluding carboxylic acids is 1. The predicted octanol–water partition coefficient (Wildman–Crippen LogP) is 3.49. The van der Waals surface area contributed by atoms with Crippen LogP contribution in [0.2, 0.25) is 0 Å². The molecule has 2 aromatic heterocycles. The van der Waals surface area contributed by atoms with Gasteiger partial charge in [-0.15, -0.1) is 11.3 Å². The summed E-state index contributed by atoms with van der Waals surface area (Å²) >= 11 is 1.53. The summed E-state index contributed by atoms with van der Waals surface area (Å²) in [6, 6.07) is 9.60. The number of nitrogens with zero attached hydrogens (tertiary/aromatic N) is 1. The van der Waals surface area contributed by atoms with Gasteiger partial charge in [0, 0.05) is 29.9 Å². The van der Waals surface area contributed by atoms with E-state index in [-0.39, 0.29) is 12.1 Å². The molecule has 1 atom stereocenters. The molecular formula is C16H17N3O2S. The van der Waals surface area contributed by atoms with Crippen LogP contribution in [0.3, 0.4) is 0 Å². The van der Waals surface area contributed by atoms with Crippen LogP contribution in [0, 0.1) is 0 Å². The van der Waals surface area contributed by atoms with Crippen molar-refractivity contribution in [1.29, 1.82) is 0 Å². The van der Waals surface area contributed by atoms with Crippen molar-refractivity contribution in [3.05, 3.63) is 52.7 Å². The van der Waals surface area contributed by atoms with Crippen LogP contribution in [-0.4, -0.2) is 17.6 Å². The molecule has 0 fully saturated rings. The van der Waals surface area contributed by atoms with Crippen LogP contribution in [0.5, 0.6) is 0 Å². The number of urea groups is 1. The molecule has 0 aliphatic rings. The molecule has 6 heteroatoms. The lowest BCUT2D eigenvalue weighted by molar-refractivity contribution is 0.238. The molecule has 3 rings (SSSR count). The van der Waals surface area contributed by atoms with Crippen LogP contribution >= 0.6 is 11.3 Å². The Morgan fingerprint density at radius 1 is 1.41 bits per heavy atom. The van der Waals surface area contributed by atoms with Gasteiger partial charge in [-0.05, 0) is 19.1 Å². The number of hydrogen-bond donors (Lipinski definition) is 2. The average molecular weight is 315 g/mol. The van der Waals surface area contributed by atoms with Crippen molar-refractivity contribution >= 4 is 28.3 Å². The predicted molar refractivity (Wildman–Crippen MR) is 87.0 cm³/mol. The first-order valence-electron chi connectivity index (χ1n) is 7.13. The second-order valence-electron chi connectivity index (χ2n) is 4.99. The van der Waals surface area contributed by atoms with Crippen molar-refractivity contribution in [3.8, 4) is 0 Å². The van der Waals surface area contributed by atoms with Gasteiger partial charge in [-0.1, -0.05) is 18.2 Å². The van der Waals surface area contributed by atoms with Crippen molar-refractivity contribution in [1.82, 2.24) is 15.6 Å². The summed E-state index contributed by atoms with van der Waals surface area (Å²) in [5.74, 6) is 0.870. The maximum absolute atomic E-state index is 11.8. The Labute approximate surface area is 132 Å². The van der Waals surface area contributed by atoms with E-state index in [1.165, 1.54) is 11.3 Å². The van der Waals surface area contributed by atoms with Crippen molar-refractivity contribution in [2.24, 2.45) is 0 Å². The number of thiazole rings is 1. The number of furan rings is 1. The molecule has 0 aliphatic carbocycles. The SMILES string of the molecule is C[C@@H](NC(=O)NCCc1cc2ccccc2o1)c1nccs1. The van der Waals surface area contributed by atoms with E-state index in [1.54, 1.807) is 6.20 Å². The van der Waals surface area contributed by atoms with Gasteiger partial charge in [0.1, 0.15) is 16.4 Å². The Hall–Kier alpha value is -2.34. The van der Waals surface area contributed by atoms with Crippen LogP contribution in [0.15, 0.2) is 46.3 Å². The molecule has 1 aromatic carbocycles. The first-order chi connectivity index (χ1) is 10.7. The molecule has 114 valence electrons. The van der Waals surface area contributed by atoms with Crippen LogP contribution in [0.4, 0.5) is 4.79 Å². The fourth-order valence-corrected chi connectivity index (χ4v) is 2.86. The molecule has 2 N–H and O–H groups in total. The third-order valence-corrected chi connectivity index (χ3v) is 4.26. The summed E-state index contributed by atoms with van der Waals surface area (Å²) in [6.45, 7) is 2.44. The zero-order valence-electron chi connectivity index (χ0n) is 12.2. The van der Waals surface area contributed by atoms with Crippen molar-refractivity contribution < 1.29 is 9.21 Å². The minimum atomic E-state index is -0.196. The molecular weight excluding hydrogens is 298 g/mol. The maximum atomic E-state index is 11.8. The number of hydrogen-bond acceptors (Lipinski definition) is 4. The Kier molecular flexibility index (Phi) is 4.39. The second kappa shape index (κ2) is 6.62. The normalized spacial score (nSPS) is 12.2. The van der Waals surface area contributed by atoms with Gasteiger partial charge in [0.2, 0.25) is 0 Å². The number of fused-ring (bicyclic) bond motifs is 1. The summed E-state index contributed by atoms with van der Waals surface area (Å²) in [4.78, 5) is 16.0. The lowest BCUT2D eigenvalue weighted by Gasteiger charge is -2.11. The number of nitrogens with one attached hydrogen (secondary N) is 2. The number of para-hydroxylation sites is 1. The standard InChI is InChI=1S/C16H17N3O2S/c1-11(15-17-8-9-22-15)19-16(20)18-7-6-13-10-12-4-2-3-5-14(12)21-13/h2-5,8-11H,6-7H2,1H3,(H2,18,19,20)/t11-/m1/s1. The minimum Gasteiger partial charge on any atom is -0.461 e. The minimum absolute atomic E-state index is 0.0915. The van der Waals surface area contributed by atoms with Gasteiger partial charge in [0.15, 0.2) is 0 Å². The van der Waals surface area contributed by atoms with E-state index in [0.717, 1.165) is 21.7 Å². The molecule has 0 aliphatic heterocycles. The highest BCUT2D eigenvalue weighted by Crippen LogP contribution is 2.18. The van der Waals surface area contributed by atoms with Gasteiger partial charge in [0.05, 0.1) is 6.04 Å². The first kappa shape index (κ1) is 14.6. The molecule has 22 heavy (non-hydrogen) atoms. The third-order valence-electron chi connectivity index (χ3n) is 3.30. The van der Waals surface area contributed by atoms with Crippen LogP contribution in [0.1, 0.15) is 23.7 Å². The van der Waals surface area contributed by atoms with Crippen LogP contribution < -0.4 is 10.6 Å². The maximum Gasteiger partial charge on any atom is 0.315 e. The lowest BCUT2D eigenvalue weighted by Crippen LogP contribution is -2.37. The van der Waals surface area contributed by atoms with Gasteiger partial charge in [0.25, 0.3) is 0 Å². The second-order valence-corrected chi connectivity index (χ2v) is 5.92. The first-order valence-corrected chi connectivity index (χ1v) is 8.01. The van der Waals surface area contributed by atoms with Gasteiger partial charge in [-0.25, -0.2) is 9.78 Å². The molecule has 0 bridgehead atoms. The highest BCUT2D eigenvalue weighted by Gasteiger charge is 2.11. The molecule has 2 heterocycles. The van der Waals surface area contributed by atoms with Crippen LogP contribution in [0.25, 0.3) is 11.0 Å². The molecule has 0 radical (unpaired) electrons. The molecule has 3 aromatic rings. The molecule has 2 amide bonds. The lowest BCUT2D eigenvalue weighted by atomic mass is 10.2. The van der Waals surface area contributed by atoms with Crippen LogP contribution in [-0.2, 0) is 6.42 Å². The Balaban J connectivity index is 1.47. The largest absolute Gasteiger partial charge is 0.461 e. The van der Waals surface area contributed by atoms with E-state index in [4.69, 9.17) is 4.42 Å². The average Bonchev–Trinajstić information content (AvgIpc) is 3.16. The van der Waals surface area contributed by atoms with Gasteiger partial charge in [-0.2, -0.15) is 0 Å². The zero-order valence-corrected chi connectivity index (χ0v) is 13.0. The highest BCUT2D eigenvalue weighted by atomic mass is 32.1. The number of amides is 2. The Bertz CT molecular complexity index is 719. The van der Waals surface area contributed by atoms with Crippen molar-refractivity contribution in [3.63, 3.8) is 0 Å². The molecule has 0 unspecified atom stereocenters. The summed E-state index contributed by atoms with van der Waals surface area (Å²) in [7, 11) is 0. The van der Waals surface area contributed by atoms with Gasteiger partial charge < -0.3 is 15.1 Å². The number of benzene rings is 1. The Morgan fingerprint density at radius 3 is 3.05 bits per heavy atom. The smallest absolute Gasteiger partial charge is 0.315 e. The van der Waals surface area contributed by atoms with E-state index in [1.807, 2.05) is 42.6 Å². The molecule has 0 spiro atoms. The zero-order chi connectivity index (χ0) is 15.4. The topological polar surface area (TPSA) is 67.2 Å². The van der Waals surface area contributed by atoms with Gasteiger partial charge in [-0.3, -0.25) is 0 Å². The third kappa shape index (κ3) is 3.46. The number of carbonyl (C=O) groups is 1. The molecule has 0 saturated heterocycles. The van der Waals surface area contributed by atoms with Crippen molar-refractivity contribution in [2.75, 3.05) is 6.54 Å². The number of aromatic nitrogens is 1. The quantitative estimate of drug-likeness (QED) is 0.757. The van der Waals surface area contributed by atoms with E-state index >= 15 is 0 Å². The summed E-state index contributed by atoms with van der Waals surface area (Å²) in [5.41, 5.74) is 0.874. The van der Waals surface area contributed by atoms with E-state index < -0.39 is 0 Å². The van der Waals surface area contributed by atoms with E-state index in [9.17, 15) is 4.79 Å². The van der Waals surface area contributed by atoms with Crippen molar-refractivity contribution in [2.45, 2.75) is 19.4 Å². The molecule has 5 nitrogen and oxygen atoms in total. The van der Waals surface area contributed by atoms with E-state index in [2.05, 4.69) is 15.6 Å². The summed E-state index contributed by atoms with van der Waals surface area (Å²) in [6.07, 6.45) is 2.39. The van der Waals surface area contributed by atoms with E-state index in [0.29, 0.717) is 13.0 Å². The summed E-state index contributed by atoms with van der Waals surface area (Å²) < 4.78 is 5.71. The monoisotopic (exact) mass is 315 g/mol. The Morgan fingerprint density at radius 2 is 2.27 bits per heavy atom.